The Morgan fingerprint density at radius 2 is 2.24 bits per heavy atom. The molecular formula is C12H20N2O3. The number of rotatable bonds is 7. The third-order valence-corrected chi connectivity index (χ3v) is 2.30. The fourth-order valence-corrected chi connectivity index (χ4v) is 1.51. The van der Waals surface area contributed by atoms with Crippen molar-refractivity contribution >= 4 is 5.91 Å². The summed E-state index contributed by atoms with van der Waals surface area (Å²) in [4.78, 5) is 11.7. The highest BCUT2D eigenvalue weighted by Crippen LogP contribution is 2.13. The molecule has 1 aromatic rings. The fraction of sp³-hybridized carbons (Fsp3) is 0.583. The highest BCUT2D eigenvalue weighted by atomic mass is 16.5. The van der Waals surface area contributed by atoms with Crippen molar-refractivity contribution in [1.82, 2.24) is 5.32 Å². The van der Waals surface area contributed by atoms with Crippen LogP contribution < -0.4 is 11.1 Å². The second kappa shape index (κ2) is 7.09. The first-order valence-electron chi connectivity index (χ1n) is 5.78. The minimum atomic E-state index is -0.0989. The largest absolute Gasteiger partial charge is 0.466 e. The Bertz CT molecular complexity index is 361. The average molecular weight is 240 g/mol. The lowest BCUT2D eigenvalue weighted by molar-refractivity contribution is 0.0941. The molecule has 0 aliphatic heterocycles. The van der Waals surface area contributed by atoms with Gasteiger partial charge in [-0.1, -0.05) is 0 Å². The monoisotopic (exact) mass is 240 g/mol. The first-order valence-corrected chi connectivity index (χ1v) is 5.78. The Labute approximate surface area is 101 Å². The molecule has 1 rings (SSSR count). The Morgan fingerprint density at radius 1 is 1.47 bits per heavy atom. The first kappa shape index (κ1) is 13.7. The summed E-state index contributed by atoms with van der Waals surface area (Å²) in [5, 5.41) is 2.82. The van der Waals surface area contributed by atoms with E-state index in [0.29, 0.717) is 37.6 Å². The number of carbonyl (C=O) groups excluding carboxylic acids is 1. The van der Waals surface area contributed by atoms with Gasteiger partial charge < -0.3 is 20.2 Å². The van der Waals surface area contributed by atoms with Crippen LogP contribution in [-0.2, 0) is 4.74 Å². The number of aryl methyl sites for hydroxylation is 2. The molecule has 0 bridgehead atoms. The smallest absolute Gasteiger partial charge is 0.254 e. The molecule has 1 heterocycles. The third-order valence-electron chi connectivity index (χ3n) is 2.30. The van der Waals surface area contributed by atoms with Gasteiger partial charge in [-0.25, -0.2) is 0 Å². The third kappa shape index (κ3) is 4.58. The van der Waals surface area contributed by atoms with Crippen molar-refractivity contribution in [2.45, 2.75) is 20.3 Å². The number of amides is 1. The van der Waals surface area contributed by atoms with Crippen molar-refractivity contribution < 1.29 is 13.9 Å². The minimum absolute atomic E-state index is 0.0989. The van der Waals surface area contributed by atoms with E-state index in [1.165, 1.54) is 0 Å². The fourth-order valence-electron chi connectivity index (χ4n) is 1.51. The number of ether oxygens (including phenoxy) is 1. The van der Waals surface area contributed by atoms with Gasteiger partial charge in [-0.2, -0.15) is 0 Å². The van der Waals surface area contributed by atoms with Crippen LogP contribution in [0.5, 0.6) is 0 Å². The summed E-state index contributed by atoms with van der Waals surface area (Å²) in [5.41, 5.74) is 5.88. The van der Waals surface area contributed by atoms with E-state index in [1.807, 2.05) is 6.92 Å². The van der Waals surface area contributed by atoms with E-state index < -0.39 is 0 Å². The summed E-state index contributed by atoms with van der Waals surface area (Å²) < 4.78 is 10.5. The van der Waals surface area contributed by atoms with E-state index in [9.17, 15) is 4.79 Å². The molecule has 0 fully saturated rings. The maximum Gasteiger partial charge on any atom is 0.254 e. The molecule has 0 aliphatic rings. The zero-order valence-electron chi connectivity index (χ0n) is 10.4. The molecule has 0 radical (unpaired) electrons. The number of carbonyl (C=O) groups is 1. The van der Waals surface area contributed by atoms with Crippen molar-refractivity contribution in [3.05, 3.63) is 23.2 Å². The van der Waals surface area contributed by atoms with Gasteiger partial charge in [-0.3, -0.25) is 4.79 Å². The summed E-state index contributed by atoms with van der Waals surface area (Å²) in [7, 11) is 0. The van der Waals surface area contributed by atoms with Gasteiger partial charge in [-0.05, 0) is 26.3 Å². The topological polar surface area (TPSA) is 77.5 Å². The normalized spacial score (nSPS) is 10.5. The second-order valence-electron chi connectivity index (χ2n) is 3.84. The van der Waals surface area contributed by atoms with E-state index in [1.54, 1.807) is 13.0 Å². The van der Waals surface area contributed by atoms with Gasteiger partial charge in [0.1, 0.15) is 11.5 Å². The lowest BCUT2D eigenvalue weighted by Crippen LogP contribution is -2.25. The van der Waals surface area contributed by atoms with Crippen LogP contribution in [0.15, 0.2) is 10.5 Å². The predicted molar refractivity (Wildman–Crippen MR) is 65.0 cm³/mol. The Balaban J connectivity index is 2.23. The molecule has 0 spiro atoms. The molecule has 17 heavy (non-hydrogen) atoms. The number of furan rings is 1. The molecular weight excluding hydrogens is 220 g/mol. The zero-order valence-corrected chi connectivity index (χ0v) is 10.4. The van der Waals surface area contributed by atoms with Crippen molar-refractivity contribution in [2.75, 3.05) is 26.3 Å². The Kier molecular flexibility index (Phi) is 5.72. The molecule has 0 aromatic carbocycles. The minimum Gasteiger partial charge on any atom is -0.466 e. The van der Waals surface area contributed by atoms with Gasteiger partial charge in [0.15, 0.2) is 0 Å². The van der Waals surface area contributed by atoms with Crippen molar-refractivity contribution in [2.24, 2.45) is 5.73 Å². The first-order chi connectivity index (χ1) is 8.15. The van der Waals surface area contributed by atoms with Crippen LogP contribution in [0.4, 0.5) is 0 Å². The molecule has 5 nitrogen and oxygen atoms in total. The summed E-state index contributed by atoms with van der Waals surface area (Å²) in [6.07, 6.45) is 0.779. The number of hydrogen-bond acceptors (Lipinski definition) is 4. The highest BCUT2D eigenvalue weighted by molar-refractivity contribution is 5.95. The molecule has 96 valence electrons. The quantitative estimate of drug-likeness (QED) is 0.697. The van der Waals surface area contributed by atoms with E-state index in [-0.39, 0.29) is 5.91 Å². The summed E-state index contributed by atoms with van der Waals surface area (Å²) in [5.74, 6) is 1.30. The summed E-state index contributed by atoms with van der Waals surface area (Å²) in [6, 6.07) is 1.75. The van der Waals surface area contributed by atoms with Crippen LogP contribution in [0.1, 0.15) is 28.3 Å². The maximum absolute atomic E-state index is 11.7. The summed E-state index contributed by atoms with van der Waals surface area (Å²) >= 11 is 0. The molecule has 3 N–H and O–H groups in total. The molecule has 0 saturated carbocycles. The molecule has 0 unspecified atom stereocenters. The van der Waals surface area contributed by atoms with Gasteiger partial charge in [0.25, 0.3) is 5.91 Å². The summed E-state index contributed by atoms with van der Waals surface area (Å²) in [6.45, 7) is 5.90. The van der Waals surface area contributed by atoms with Gasteiger partial charge in [0.05, 0.1) is 12.2 Å². The van der Waals surface area contributed by atoms with Crippen LogP contribution in [0.25, 0.3) is 0 Å². The van der Waals surface area contributed by atoms with Gasteiger partial charge >= 0.3 is 0 Å². The SMILES string of the molecule is Cc1cc(C(=O)NCCCOCCN)c(C)o1. The standard InChI is InChI=1S/C12H20N2O3/c1-9-8-11(10(2)17-9)12(15)14-5-3-6-16-7-4-13/h8H,3-7,13H2,1-2H3,(H,14,15). The van der Waals surface area contributed by atoms with Gasteiger partial charge in [0.2, 0.25) is 0 Å². The van der Waals surface area contributed by atoms with E-state index in [0.717, 1.165) is 12.2 Å². The Hall–Kier alpha value is -1.33. The molecule has 1 aromatic heterocycles. The Morgan fingerprint density at radius 3 is 2.82 bits per heavy atom. The number of nitrogens with one attached hydrogen (secondary N) is 1. The maximum atomic E-state index is 11.7. The van der Waals surface area contributed by atoms with Gasteiger partial charge in [0, 0.05) is 19.7 Å². The van der Waals surface area contributed by atoms with Crippen molar-refractivity contribution in [1.29, 1.82) is 0 Å². The van der Waals surface area contributed by atoms with Gasteiger partial charge in [-0.15, -0.1) is 0 Å². The lowest BCUT2D eigenvalue weighted by Gasteiger charge is -2.04. The molecule has 0 aliphatic carbocycles. The van der Waals surface area contributed by atoms with E-state index in [4.69, 9.17) is 14.9 Å². The molecule has 1 amide bonds. The molecule has 0 atom stereocenters. The van der Waals surface area contributed by atoms with Crippen molar-refractivity contribution in [3.63, 3.8) is 0 Å². The van der Waals surface area contributed by atoms with Crippen LogP contribution in [0.2, 0.25) is 0 Å². The predicted octanol–water partition coefficient (Wildman–Crippen LogP) is 0.992. The van der Waals surface area contributed by atoms with E-state index >= 15 is 0 Å². The van der Waals surface area contributed by atoms with Crippen LogP contribution in [0.3, 0.4) is 0 Å². The number of hydrogen-bond donors (Lipinski definition) is 2. The zero-order chi connectivity index (χ0) is 12.7. The van der Waals surface area contributed by atoms with Crippen molar-refractivity contribution in [3.8, 4) is 0 Å². The molecule has 0 saturated heterocycles. The van der Waals surface area contributed by atoms with Crippen LogP contribution >= 0.6 is 0 Å². The van der Waals surface area contributed by atoms with Crippen LogP contribution in [-0.4, -0.2) is 32.2 Å². The van der Waals surface area contributed by atoms with Crippen LogP contribution in [0, 0.1) is 13.8 Å². The lowest BCUT2D eigenvalue weighted by atomic mass is 10.2. The highest BCUT2D eigenvalue weighted by Gasteiger charge is 2.12. The average Bonchev–Trinajstić information content (AvgIpc) is 2.62. The second-order valence-corrected chi connectivity index (χ2v) is 3.84. The number of nitrogens with two attached hydrogens (primary N) is 1. The van der Waals surface area contributed by atoms with E-state index in [2.05, 4.69) is 5.32 Å². The molecule has 5 heteroatoms.